The molecule has 86 valence electrons. The summed E-state index contributed by atoms with van der Waals surface area (Å²) in [6.07, 6.45) is 6.16. The van der Waals surface area contributed by atoms with E-state index in [2.05, 4.69) is 19.8 Å². The van der Waals surface area contributed by atoms with E-state index >= 15 is 0 Å². The SMILES string of the molecule is C.C.C#CC(C)(CC(C)C)OCCO. The summed E-state index contributed by atoms with van der Waals surface area (Å²) in [5, 5.41) is 8.57. The van der Waals surface area contributed by atoms with Gasteiger partial charge in [0, 0.05) is 0 Å². The zero-order valence-electron chi connectivity index (χ0n) is 8.13. The van der Waals surface area contributed by atoms with E-state index in [4.69, 9.17) is 16.3 Å². The van der Waals surface area contributed by atoms with E-state index in [1.54, 1.807) is 0 Å². The van der Waals surface area contributed by atoms with Crippen molar-refractivity contribution in [2.24, 2.45) is 5.92 Å². The fourth-order valence-corrected chi connectivity index (χ4v) is 1.21. The minimum atomic E-state index is -0.517. The molecule has 0 aliphatic heterocycles. The van der Waals surface area contributed by atoms with Crippen LogP contribution in [0.2, 0.25) is 0 Å². The molecule has 0 amide bonds. The Labute approximate surface area is 89.7 Å². The molecular formula is C12H26O2. The number of ether oxygens (including phenoxy) is 1. The molecule has 1 atom stereocenters. The average molecular weight is 202 g/mol. The van der Waals surface area contributed by atoms with E-state index in [0.717, 1.165) is 6.42 Å². The molecule has 0 aromatic heterocycles. The van der Waals surface area contributed by atoms with E-state index in [9.17, 15) is 0 Å². The van der Waals surface area contributed by atoms with Gasteiger partial charge in [-0.1, -0.05) is 34.6 Å². The standard InChI is InChI=1S/C10H18O2.2CH4/c1-5-10(4,8-9(2)3)12-7-6-11;;/h1,9,11H,6-8H2,2-4H3;2*1H4. The van der Waals surface area contributed by atoms with Gasteiger partial charge in [0.25, 0.3) is 0 Å². The summed E-state index contributed by atoms with van der Waals surface area (Å²) in [6, 6.07) is 0. The molecule has 0 aliphatic carbocycles. The largest absolute Gasteiger partial charge is 0.394 e. The van der Waals surface area contributed by atoms with Crippen molar-refractivity contribution in [2.45, 2.75) is 47.6 Å². The first-order chi connectivity index (χ1) is 5.54. The first-order valence-electron chi connectivity index (χ1n) is 4.26. The minimum absolute atomic E-state index is 0. The second kappa shape index (κ2) is 9.05. The summed E-state index contributed by atoms with van der Waals surface area (Å²) in [7, 11) is 0. The summed E-state index contributed by atoms with van der Waals surface area (Å²) in [4.78, 5) is 0. The van der Waals surface area contributed by atoms with Crippen LogP contribution in [0.4, 0.5) is 0 Å². The highest BCUT2D eigenvalue weighted by molar-refractivity contribution is 5.06. The Morgan fingerprint density at radius 1 is 1.43 bits per heavy atom. The van der Waals surface area contributed by atoms with Crippen LogP contribution in [-0.4, -0.2) is 23.9 Å². The topological polar surface area (TPSA) is 29.5 Å². The molecule has 0 saturated carbocycles. The summed E-state index contributed by atoms with van der Waals surface area (Å²) < 4.78 is 5.35. The maximum absolute atomic E-state index is 8.57. The zero-order valence-corrected chi connectivity index (χ0v) is 8.13. The van der Waals surface area contributed by atoms with Gasteiger partial charge in [0.05, 0.1) is 13.2 Å². The van der Waals surface area contributed by atoms with Crippen LogP contribution in [0.3, 0.4) is 0 Å². The maximum Gasteiger partial charge on any atom is 0.125 e. The highest BCUT2D eigenvalue weighted by Crippen LogP contribution is 2.19. The van der Waals surface area contributed by atoms with Crippen molar-refractivity contribution in [3.8, 4) is 12.3 Å². The van der Waals surface area contributed by atoms with Crippen LogP contribution in [0.15, 0.2) is 0 Å². The lowest BCUT2D eigenvalue weighted by molar-refractivity contribution is -0.0179. The van der Waals surface area contributed by atoms with Crippen LogP contribution in [0, 0.1) is 18.3 Å². The minimum Gasteiger partial charge on any atom is -0.394 e. The molecule has 0 aromatic rings. The normalized spacial score (nSPS) is 13.4. The molecule has 0 fully saturated rings. The summed E-state index contributed by atoms with van der Waals surface area (Å²) in [5.74, 6) is 3.12. The molecule has 0 bridgehead atoms. The second-order valence-electron chi connectivity index (χ2n) is 3.55. The molecule has 0 rings (SSSR count). The molecule has 2 heteroatoms. The van der Waals surface area contributed by atoms with Crippen molar-refractivity contribution < 1.29 is 9.84 Å². The van der Waals surface area contributed by atoms with Crippen molar-refractivity contribution in [1.29, 1.82) is 0 Å². The van der Waals surface area contributed by atoms with Crippen LogP contribution < -0.4 is 0 Å². The highest BCUT2D eigenvalue weighted by atomic mass is 16.5. The summed E-state index contributed by atoms with van der Waals surface area (Å²) in [6.45, 7) is 6.40. The lowest BCUT2D eigenvalue weighted by Crippen LogP contribution is -2.29. The van der Waals surface area contributed by atoms with Crippen LogP contribution in [0.5, 0.6) is 0 Å². The van der Waals surface area contributed by atoms with Gasteiger partial charge >= 0.3 is 0 Å². The van der Waals surface area contributed by atoms with Gasteiger partial charge in [0.1, 0.15) is 5.60 Å². The molecule has 0 radical (unpaired) electrons. The van der Waals surface area contributed by atoms with Crippen LogP contribution in [-0.2, 0) is 4.74 Å². The monoisotopic (exact) mass is 202 g/mol. The fourth-order valence-electron chi connectivity index (χ4n) is 1.21. The molecule has 0 spiro atoms. The predicted molar refractivity (Wildman–Crippen MR) is 63.2 cm³/mol. The van der Waals surface area contributed by atoms with Crippen molar-refractivity contribution in [3.63, 3.8) is 0 Å². The third kappa shape index (κ3) is 8.10. The molecule has 14 heavy (non-hydrogen) atoms. The Kier molecular flexibility index (Phi) is 12.4. The van der Waals surface area contributed by atoms with Gasteiger partial charge in [-0.2, -0.15) is 0 Å². The van der Waals surface area contributed by atoms with Crippen LogP contribution in [0.1, 0.15) is 42.0 Å². The average Bonchev–Trinajstić information content (AvgIpc) is 2.00. The van der Waals surface area contributed by atoms with Gasteiger partial charge in [0.2, 0.25) is 0 Å². The van der Waals surface area contributed by atoms with E-state index in [0.29, 0.717) is 12.5 Å². The third-order valence-electron chi connectivity index (χ3n) is 1.62. The summed E-state index contributed by atoms with van der Waals surface area (Å²) in [5.41, 5.74) is -0.517. The quantitative estimate of drug-likeness (QED) is 0.695. The lowest BCUT2D eigenvalue weighted by atomic mass is 9.95. The Hall–Kier alpha value is -0.520. The molecule has 2 nitrogen and oxygen atoms in total. The van der Waals surface area contributed by atoms with Gasteiger partial charge in [-0.15, -0.1) is 6.42 Å². The van der Waals surface area contributed by atoms with E-state index in [1.165, 1.54) is 0 Å². The first kappa shape index (κ1) is 19.1. The predicted octanol–water partition coefficient (Wildman–Crippen LogP) is 2.71. The Morgan fingerprint density at radius 2 is 1.93 bits per heavy atom. The Morgan fingerprint density at radius 3 is 2.21 bits per heavy atom. The number of aliphatic hydroxyl groups is 1. The zero-order chi connectivity index (χ0) is 9.61. The Bertz CT molecular complexity index is 158. The van der Waals surface area contributed by atoms with Gasteiger partial charge in [0.15, 0.2) is 0 Å². The maximum atomic E-state index is 8.57. The van der Waals surface area contributed by atoms with Crippen molar-refractivity contribution in [1.82, 2.24) is 0 Å². The van der Waals surface area contributed by atoms with Gasteiger partial charge in [-0.3, -0.25) is 0 Å². The molecule has 0 aliphatic rings. The molecule has 0 heterocycles. The summed E-state index contributed by atoms with van der Waals surface area (Å²) >= 11 is 0. The number of hydrogen-bond acceptors (Lipinski definition) is 2. The van der Waals surface area contributed by atoms with Crippen molar-refractivity contribution in [2.75, 3.05) is 13.2 Å². The van der Waals surface area contributed by atoms with Gasteiger partial charge < -0.3 is 9.84 Å². The Balaban J connectivity index is -0.000000605. The molecule has 1 unspecified atom stereocenters. The van der Waals surface area contributed by atoms with Gasteiger partial charge in [-0.05, 0) is 19.3 Å². The second-order valence-corrected chi connectivity index (χ2v) is 3.55. The third-order valence-corrected chi connectivity index (χ3v) is 1.62. The fraction of sp³-hybridized carbons (Fsp3) is 0.833. The highest BCUT2D eigenvalue weighted by Gasteiger charge is 2.22. The lowest BCUT2D eigenvalue weighted by Gasteiger charge is -2.25. The van der Waals surface area contributed by atoms with E-state index in [1.807, 2.05) is 6.92 Å². The smallest absolute Gasteiger partial charge is 0.125 e. The number of aliphatic hydroxyl groups excluding tert-OH is 1. The van der Waals surface area contributed by atoms with Crippen molar-refractivity contribution >= 4 is 0 Å². The van der Waals surface area contributed by atoms with Crippen LogP contribution >= 0.6 is 0 Å². The molecular weight excluding hydrogens is 176 g/mol. The van der Waals surface area contributed by atoms with E-state index in [-0.39, 0.29) is 21.5 Å². The number of rotatable bonds is 5. The first-order valence-corrected chi connectivity index (χ1v) is 4.26. The van der Waals surface area contributed by atoms with Gasteiger partial charge in [-0.25, -0.2) is 0 Å². The number of terminal acetylenes is 1. The van der Waals surface area contributed by atoms with Crippen LogP contribution in [0.25, 0.3) is 0 Å². The van der Waals surface area contributed by atoms with E-state index < -0.39 is 5.60 Å². The van der Waals surface area contributed by atoms with Crippen molar-refractivity contribution in [3.05, 3.63) is 0 Å². The number of hydrogen-bond donors (Lipinski definition) is 1. The molecule has 0 saturated heterocycles. The molecule has 1 N–H and O–H groups in total. The molecule has 0 aromatic carbocycles.